The summed E-state index contributed by atoms with van der Waals surface area (Å²) in [7, 11) is 1.71. The first-order valence-electron chi connectivity index (χ1n) is 7.00. The first-order chi connectivity index (χ1) is 10.1. The minimum Gasteiger partial charge on any atom is -0.389 e. The fraction of sp³-hybridized carbons (Fsp3) is 0.467. The highest BCUT2D eigenvalue weighted by Gasteiger charge is 2.24. The van der Waals surface area contributed by atoms with Gasteiger partial charge in [-0.2, -0.15) is 0 Å². The molecular formula is C15H21N3O2S. The van der Waals surface area contributed by atoms with Gasteiger partial charge in [-0.3, -0.25) is 9.69 Å². The summed E-state index contributed by atoms with van der Waals surface area (Å²) in [5.41, 5.74) is 7.02. The topological polar surface area (TPSA) is 67.6 Å². The Kier molecular flexibility index (Phi) is 5.67. The summed E-state index contributed by atoms with van der Waals surface area (Å²) < 4.78 is 5.16. The van der Waals surface area contributed by atoms with Crippen molar-refractivity contribution in [2.45, 2.75) is 6.42 Å². The quantitative estimate of drug-likeness (QED) is 0.774. The first kappa shape index (κ1) is 15.9. The number of thiocarbonyl (C=S) groups is 1. The molecule has 1 saturated heterocycles. The normalized spacial score (nSPS) is 18.6. The maximum atomic E-state index is 12.1. The van der Waals surface area contributed by atoms with E-state index in [9.17, 15) is 4.79 Å². The first-order valence-corrected chi connectivity index (χ1v) is 7.41. The molecule has 114 valence electrons. The van der Waals surface area contributed by atoms with Crippen molar-refractivity contribution >= 4 is 28.8 Å². The number of carbonyl (C=O) groups is 1. The number of hydrogen-bond donors (Lipinski definition) is 2. The molecule has 1 unspecified atom stereocenters. The van der Waals surface area contributed by atoms with Crippen LogP contribution in [0.4, 0.5) is 5.69 Å². The van der Waals surface area contributed by atoms with E-state index in [1.54, 1.807) is 7.11 Å². The van der Waals surface area contributed by atoms with Gasteiger partial charge >= 0.3 is 0 Å². The van der Waals surface area contributed by atoms with Crippen LogP contribution in [0.3, 0.4) is 0 Å². The zero-order chi connectivity index (χ0) is 15.2. The van der Waals surface area contributed by atoms with Crippen LogP contribution in [0.15, 0.2) is 24.3 Å². The number of anilines is 1. The van der Waals surface area contributed by atoms with E-state index in [2.05, 4.69) is 10.2 Å². The van der Waals surface area contributed by atoms with Crippen molar-refractivity contribution in [1.29, 1.82) is 0 Å². The van der Waals surface area contributed by atoms with Gasteiger partial charge in [-0.05, 0) is 31.0 Å². The van der Waals surface area contributed by atoms with Gasteiger partial charge in [-0.15, -0.1) is 0 Å². The van der Waals surface area contributed by atoms with Crippen LogP contribution in [-0.2, 0) is 9.53 Å². The Morgan fingerprint density at radius 1 is 1.52 bits per heavy atom. The van der Waals surface area contributed by atoms with E-state index >= 15 is 0 Å². The van der Waals surface area contributed by atoms with Crippen LogP contribution in [0.5, 0.6) is 0 Å². The minimum absolute atomic E-state index is 0.0447. The lowest BCUT2D eigenvalue weighted by Crippen LogP contribution is -2.32. The van der Waals surface area contributed by atoms with Crippen LogP contribution < -0.4 is 11.1 Å². The molecule has 1 aromatic rings. The van der Waals surface area contributed by atoms with Gasteiger partial charge in [-0.1, -0.05) is 24.4 Å². The Morgan fingerprint density at radius 2 is 2.29 bits per heavy atom. The highest BCUT2D eigenvalue weighted by atomic mass is 32.1. The molecule has 3 N–H and O–H groups in total. The molecule has 1 aromatic carbocycles. The fourth-order valence-corrected chi connectivity index (χ4v) is 2.81. The standard InChI is InChI=1S/C15H21N3O2S/c1-20-10-11-6-7-18(8-11)9-14(19)17-13-5-3-2-4-12(13)15(16)21/h2-5,11H,6-10H2,1H3,(H2,16,21)(H,17,19). The smallest absolute Gasteiger partial charge is 0.238 e. The average molecular weight is 307 g/mol. The minimum atomic E-state index is -0.0447. The van der Waals surface area contributed by atoms with Crippen LogP contribution in [-0.4, -0.2) is 49.1 Å². The van der Waals surface area contributed by atoms with E-state index in [4.69, 9.17) is 22.7 Å². The number of nitrogens with zero attached hydrogens (tertiary/aromatic N) is 1. The van der Waals surface area contributed by atoms with Crippen molar-refractivity contribution < 1.29 is 9.53 Å². The van der Waals surface area contributed by atoms with Crippen LogP contribution in [0.25, 0.3) is 0 Å². The van der Waals surface area contributed by atoms with Crippen LogP contribution >= 0.6 is 12.2 Å². The monoisotopic (exact) mass is 307 g/mol. The number of hydrogen-bond acceptors (Lipinski definition) is 4. The number of nitrogens with one attached hydrogen (secondary N) is 1. The molecule has 0 bridgehead atoms. The summed E-state index contributed by atoms with van der Waals surface area (Å²) >= 11 is 4.99. The second kappa shape index (κ2) is 7.49. The molecule has 6 heteroatoms. The van der Waals surface area contributed by atoms with Gasteiger partial charge in [0.15, 0.2) is 0 Å². The molecule has 0 aromatic heterocycles. The number of likely N-dealkylation sites (tertiary alicyclic amines) is 1. The largest absolute Gasteiger partial charge is 0.389 e. The summed E-state index contributed by atoms with van der Waals surface area (Å²) in [4.78, 5) is 14.6. The molecule has 21 heavy (non-hydrogen) atoms. The molecule has 2 rings (SSSR count). The third-order valence-corrected chi connectivity index (χ3v) is 3.83. The maximum absolute atomic E-state index is 12.1. The molecule has 0 saturated carbocycles. The number of amides is 1. The molecule has 0 spiro atoms. The lowest BCUT2D eigenvalue weighted by Gasteiger charge is -2.16. The number of carbonyl (C=O) groups excluding carboxylic acids is 1. The lowest BCUT2D eigenvalue weighted by molar-refractivity contribution is -0.117. The zero-order valence-electron chi connectivity index (χ0n) is 12.2. The molecule has 1 atom stereocenters. The number of nitrogens with two attached hydrogens (primary N) is 1. The fourth-order valence-electron chi connectivity index (χ4n) is 2.63. The Hall–Kier alpha value is -1.50. The zero-order valence-corrected chi connectivity index (χ0v) is 13.0. The third-order valence-electron chi connectivity index (χ3n) is 3.61. The van der Waals surface area contributed by atoms with Crippen molar-refractivity contribution in [3.63, 3.8) is 0 Å². The molecule has 5 nitrogen and oxygen atoms in total. The molecule has 0 aliphatic carbocycles. The molecule has 1 heterocycles. The average Bonchev–Trinajstić information content (AvgIpc) is 2.86. The van der Waals surface area contributed by atoms with E-state index in [0.29, 0.717) is 23.7 Å². The van der Waals surface area contributed by atoms with Gasteiger partial charge in [0, 0.05) is 19.2 Å². The van der Waals surface area contributed by atoms with E-state index < -0.39 is 0 Å². The third kappa shape index (κ3) is 4.49. The predicted octanol–water partition coefficient (Wildman–Crippen LogP) is 1.23. The number of rotatable bonds is 6. The molecule has 1 fully saturated rings. The second-order valence-electron chi connectivity index (χ2n) is 5.30. The molecular weight excluding hydrogens is 286 g/mol. The van der Waals surface area contributed by atoms with Gasteiger partial charge in [-0.25, -0.2) is 0 Å². The maximum Gasteiger partial charge on any atom is 0.238 e. The SMILES string of the molecule is COCC1CCN(CC(=O)Nc2ccccc2C(N)=S)C1. The Labute approximate surface area is 130 Å². The van der Waals surface area contributed by atoms with Gasteiger partial charge in [0.2, 0.25) is 5.91 Å². The van der Waals surface area contributed by atoms with E-state index in [-0.39, 0.29) is 10.9 Å². The van der Waals surface area contributed by atoms with Crippen LogP contribution in [0.2, 0.25) is 0 Å². The lowest BCUT2D eigenvalue weighted by atomic mass is 10.1. The van der Waals surface area contributed by atoms with E-state index in [1.807, 2.05) is 24.3 Å². The van der Waals surface area contributed by atoms with E-state index in [1.165, 1.54) is 0 Å². The van der Waals surface area contributed by atoms with Crippen molar-refractivity contribution in [3.05, 3.63) is 29.8 Å². The van der Waals surface area contributed by atoms with Gasteiger partial charge < -0.3 is 15.8 Å². The number of ether oxygens (including phenoxy) is 1. The van der Waals surface area contributed by atoms with Crippen molar-refractivity contribution in [2.24, 2.45) is 11.7 Å². The molecule has 1 amide bonds. The number of benzene rings is 1. The molecule has 1 aliphatic rings. The molecule has 0 radical (unpaired) electrons. The van der Waals surface area contributed by atoms with Gasteiger partial charge in [0.1, 0.15) is 4.99 Å². The van der Waals surface area contributed by atoms with E-state index in [0.717, 1.165) is 26.1 Å². The number of methoxy groups -OCH3 is 1. The van der Waals surface area contributed by atoms with Crippen molar-refractivity contribution in [1.82, 2.24) is 4.90 Å². The van der Waals surface area contributed by atoms with Crippen molar-refractivity contribution in [2.75, 3.05) is 38.7 Å². The summed E-state index contributed by atoms with van der Waals surface area (Å²) in [6.07, 6.45) is 1.07. The van der Waals surface area contributed by atoms with Gasteiger partial charge in [0.25, 0.3) is 0 Å². The highest BCUT2D eigenvalue weighted by Crippen LogP contribution is 2.17. The summed E-state index contributed by atoms with van der Waals surface area (Å²) in [5, 5.41) is 2.89. The van der Waals surface area contributed by atoms with Crippen molar-refractivity contribution in [3.8, 4) is 0 Å². The Bertz CT molecular complexity index is 521. The molecule has 1 aliphatic heterocycles. The highest BCUT2D eigenvalue weighted by molar-refractivity contribution is 7.80. The number of para-hydroxylation sites is 1. The summed E-state index contributed by atoms with van der Waals surface area (Å²) in [6.45, 7) is 2.96. The summed E-state index contributed by atoms with van der Waals surface area (Å²) in [6, 6.07) is 7.31. The van der Waals surface area contributed by atoms with Crippen LogP contribution in [0.1, 0.15) is 12.0 Å². The Morgan fingerprint density at radius 3 is 3.00 bits per heavy atom. The Balaban J connectivity index is 1.90. The predicted molar refractivity (Wildman–Crippen MR) is 87.4 cm³/mol. The van der Waals surface area contributed by atoms with Gasteiger partial charge in [0.05, 0.1) is 18.8 Å². The second-order valence-corrected chi connectivity index (χ2v) is 5.74. The van der Waals surface area contributed by atoms with Crippen LogP contribution in [0, 0.1) is 5.92 Å². The summed E-state index contributed by atoms with van der Waals surface area (Å²) in [5.74, 6) is 0.475.